The fraction of sp³-hybridized carbons (Fsp3) is 0.444. The molecule has 0 aliphatic rings. The molecule has 5 N–H and O–H groups in total. The molecule has 22 heavy (non-hydrogen) atoms. The Bertz CT molecular complexity index is 796. The van der Waals surface area contributed by atoms with Gasteiger partial charge in [0, 0.05) is 6.26 Å². The van der Waals surface area contributed by atoms with Gasteiger partial charge in [0.25, 0.3) is 0 Å². The average Bonchev–Trinajstić information content (AvgIpc) is 2.67. The minimum absolute atomic E-state index is 0.138. The van der Waals surface area contributed by atoms with Crippen LogP contribution < -0.4 is 16.2 Å². The molecule has 0 aliphatic heterocycles. The molecule has 10 nitrogen and oxygen atoms in total. The molecule has 1 aromatic rings. The third-order valence-electron chi connectivity index (χ3n) is 2.33. The Morgan fingerprint density at radius 3 is 2.05 bits per heavy atom. The van der Waals surface area contributed by atoms with E-state index in [1.54, 1.807) is 0 Å². The van der Waals surface area contributed by atoms with Crippen LogP contribution in [-0.4, -0.2) is 46.1 Å². The van der Waals surface area contributed by atoms with Gasteiger partial charge >= 0.3 is 0 Å². The standard InChI is InChI=1S/C9H14N4O6S3/c1-21(16,17)9-4(3-12-22(2,18)19)13-8(20-9)5(6(10)14)7(11)15/h5,12H,3H2,1-2H3,(H2,10,14)(H2,11,15). The Kier molecular flexibility index (Phi) is 5.27. The summed E-state index contributed by atoms with van der Waals surface area (Å²) in [6, 6.07) is 0. The lowest BCUT2D eigenvalue weighted by Crippen LogP contribution is -2.33. The van der Waals surface area contributed by atoms with Crippen LogP contribution in [0.5, 0.6) is 0 Å². The Hall–Kier alpha value is -1.57. The largest absolute Gasteiger partial charge is 0.369 e. The van der Waals surface area contributed by atoms with Crippen LogP contribution in [0, 0.1) is 0 Å². The number of aromatic nitrogens is 1. The number of primary amides is 2. The summed E-state index contributed by atoms with van der Waals surface area (Å²) < 4.78 is 47.4. The van der Waals surface area contributed by atoms with E-state index < -0.39 is 44.1 Å². The molecule has 1 rings (SSSR count). The van der Waals surface area contributed by atoms with Crippen molar-refractivity contribution in [1.29, 1.82) is 0 Å². The van der Waals surface area contributed by atoms with Gasteiger partial charge in [0.2, 0.25) is 21.8 Å². The molecule has 0 unspecified atom stereocenters. The number of carbonyl (C=O) groups excluding carboxylic acids is 2. The van der Waals surface area contributed by atoms with E-state index >= 15 is 0 Å². The summed E-state index contributed by atoms with van der Waals surface area (Å²) in [6.45, 7) is -0.415. The van der Waals surface area contributed by atoms with Gasteiger partial charge in [-0.2, -0.15) is 0 Å². The van der Waals surface area contributed by atoms with Crippen LogP contribution in [0.25, 0.3) is 0 Å². The predicted molar refractivity (Wildman–Crippen MR) is 78.0 cm³/mol. The van der Waals surface area contributed by atoms with Crippen LogP contribution in [0.3, 0.4) is 0 Å². The number of nitrogens with one attached hydrogen (secondary N) is 1. The van der Waals surface area contributed by atoms with Crippen molar-refractivity contribution in [1.82, 2.24) is 9.71 Å². The molecule has 0 saturated carbocycles. The zero-order valence-corrected chi connectivity index (χ0v) is 14.0. The Balaban J connectivity index is 3.38. The SMILES string of the molecule is CS(=O)(=O)NCc1nc(C(C(N)=O)C(N)=O)sc1S(C)(=O)=O. The Labute approximate surface area is 130 Å². The molecule has 1 heterocycles. The number of sulfonamides is 1. The molecule has 0 spiro atoms. The van der Waals surface area contributed by atoms with E-state index in [1.807, 2.05) is 0 Å². The molecule has 13 heteroatoms. The van der Waals surface area contributed by atoms with E-state index in [4.69, 9.17) is 11.5 Å². The monoisotopic (exact) mass is 370 g/mol. The van der Waals surface area contributed by atoms with E-state index in [0.717, 1.165) is 12.5 Å². The van der Waals surface area contributed by atoms with Crippen molar-refractivity contribution < 1.29 is 26.4 Å². The number of amides is 2. The zero-order chi connectivity index (χ0) is 17.3. The second kappa shape index (κ2) is 6.28. The number of thiazole rings is 1. The van der Waals surface area contributed by atoms with Gasteiger partial charge in [-0.05, 0) is 0 Å². The molecule has 124 valence electrons. The molecular formula is C9H14N4O6S3. The Morgan fingerprint density at radius 2 is 1.68 bits per heavy atom. The summed E-state index contributed by atoms with van der Waals surface area (Å²) in [5, 5.41) is -0.203. The predicted octanol–water partition coefficient (Wildman–Crippen LogP) is -2.35. The molecule has 0 radical (unpaired) electrons. The van der Waals surface area contributed by atoms with Gasteiger partial charge in [0.05, 0.1) is 18.5 Å². The van der Waals surface area contributed by atoms with Crippen LogP contribution in [0.1, 0.15) is 16.6 Å². The van der Waals surface area contributed by atoms with Crippen molar-refractivity contribution in [2.75, 3.05) is 12.5 Å². The second-order valence-electron chi connectivity index (χ2n) is 4.39. The van der Waals surface area contributed by atoms with Gasteiger partial charge in [-0.25, -0.2) is 26.5 Å². The highest BCUT2D eigenvalue weighted by atomic mass is 32.2. The van der Waals surface area contributed by atoms with Crippen molar-refractivity contribution in [2.24, 2.45) is 11.5 Å². The summed E-state index contributed by atoms with van der Waals surface area (Å²) >= 11 is 0.546. The number of nitrogens with two attached hydrogens (primary N) is 2. The topological polar surface area (TPSA) is 179 Å². The molecule has 2 amide bonds. The smallest absolute Gasteiger partial charge is 0.237 e. The third-order valence-corrected chi connectivity index (χ3v) is 6.03. The highest BCUT2D eigenvalue weighted by Gasteiger charge is 2.31. The molecule has 1 aromatic heterocycles. The zero-order valence-electron chi connectivity index (χ0n) is 11.6. The molecule has 0 saturated heterocycles. The molecule has 0 aromatic carbocycles. The summed E-state index contributed by atoms with van der Waals surface area (Å²) in [4.78, 5) is 26.3. The quantitative estimate of drug-likeness (QED) is 0.449. The van der Waals surface area contributed by atoms with E-state index in [9.17, 15) is 26.4 Å². The van der Waals surface area contributed by atoms with Crippen molar-refractivity contribution in [3.8, 4) is 0 Å². The summed E-state index contributed by atoms with van der Waals surface area (Å²) in [7, 11) is -7.34. The van der Waals surface area contributed by atoms with Gasteiger partial charge in [-0.3, -0.25) is 9.59 Å². The summed E-state index contributed by atoms with van der Waals surface area (Å²) in [5.41, 5.74) is 9.96. The van der Waals surface area contributed by atoms with Crippen LogP contribution in [-0.2, 0) is 36.0 Å². The van der Waals surface area contributed by atoms with Crippen molar-refractivity contribution in [2.45, 2.75) is 16.7 Å². The maximum Gasteiger partial charge on any atom is 0.237 e. The highest BCUT2D eigenvalue weighted by molar-refractivity contribution is 7.92. The Morgan fingerprint density at radius 1 is 1.18 bits per heavy atom. The molecule has 0 aliphatic carbocycles. The minimum atomic E-state index is -3.75. The number of sulfone groups is 1. The van der Waals surface area contributed by atoms with Crippen molar-refractivity contribution >= 4 is 43.0 Å². The molecular weight excluding hydrogens is 356 g/mol. The van der Waals surface area contributed by atoms with Gasteiger partial charge in [-0.1, -0.05) is 0 Å². The van der Waals surface area contributed by atoms with Crippen LogP contribution in [0.2, 0.25) is 0 Å². The highest BCUT2D eigenvalue weighted by Crippen LogP contribution is 2.29. The fourth-order valence-electron chi connectivity index (χ4n) is 1.46. The fourth-order valence-corrected chi connectivity index (χ4v) is 4.20. The number of carbonyl (C=O) groups is 2. The van der Waals surface area contributed by atoms with Crippen LogP contribution in [0.4, 0.5) is 0 Å². The first-order valence-corrected chi connectivity index (χ1v) is 10.2. The van der Waals surface area contributed by atoms with E-state index in [2.05, 4.69) is 9.71 Å². The second-order valence-corrected chi connectivity index (χ2v) is 9.46. The number of nitrogens with zero attached hydrogens (tertiary/aromatic N) is 1. The normalized spacial score (nSPS) is 12.5. The average molecular weight is 370 g/mol. The lowest BCUT2D eigenvalue weighted by Gasteiger charge is -2.04. The number of hydrogen-bond donors (Lipinski definition) is 3. The first kappa shape index (κ1) is 18.5. The minimum Gasteiger partial charge on any atom is -0.369 e. The number of rotatable bonds is 7. The van der Waals surface area contributed by atoms with Crippen molar-refractivity contribution in [3.05, 3.63) is 10.7 Å². The maximum absolute atomic E-state index is 11.7. The first-order chi connectivity index (χ1) is 9.83. The maximum atomic E-state index is 11.7. The van der Waals surface area contributed by atoms with Gasteiger partial charge in [0.1, 0.15) is 9.22 Å². The van der Waals surface area contributed by atoms with Crippen molar-refractivity contribution in [3.63, 3.8) is 0 Å². The lowest BCUT2D eigenvalue weighted by molar-refractivity contribution is -0.128. The van der Waals surface area contributed by atoms with E-state index in [1.165, 1.54) is 0 Å². The summed E-state index contributed by atoms with van der Waals surface area (Å²) in [6.07, 6.45) is 1.77. The van der Waals surface area contributed by atoms with Crippen LogP contribution >= 0.6 is 11.3 Å². The van der Waals surface area contributed by atoms with E-state index in [-0.39, 0.29) is 14.9 Å². The first-order valence-electron chi connectivity index (χ1n) is 5.56. The van der Waals surface area contributed by atoms with Gasteiger partial charge in [-0.15, -0.1) is 11.3 Å². The number of hydrogen-bond acceptors (Lipinski definition) is 8. The summed E-state index contributed by atoms with van der Waals surface area (Å²) in [5.74, 6) is -3.75. The van der Waals surface area contributed by atoms with E-state index in [0.29, 0.717) is 11.3 Å². The van der Waals surface area contributed by atoms with Crippen LogP contribution in [0.15, 0.2) is 4.21 Å². The lowest BCUT2D eigenvalue weighted by atomic mass is 10.1. The molecule has 0 bridgehead atoms. The third kappa shape index (κ3) is 4.72. The molecule has 0 atom stereocenters. The van der Waals surface area contributed by atoms with Gasteiger partial charge in [0.15, 0.2) is 15.8 Å². The van der Waals surface area contributed by atoms with Gasteiger partial charge < -0.3 is 11.5 Å². The molecule has 0 fully saturated rings.